The third kappa shape index (κ3) is 3.42. The molecule has 1 aromatic heterocycles. The molecule has 1 nitrogen and oxygen atoms in total. The molecule has 0 radical (unpaired) electrons. The zero-order chi connectivity index (χ0) is 13.0. The average molecular weight is 304 g/mol. The Morgan fingerprint density at radius 2 is 1.50 bits per heavy atom. The maximum Gasteiger partial charge on any atom is 0.0435 e. The number of alkyl halides is 1. The molecule has 1 aromatic carbocycles. The predicted molar refractivity (Wildman–Crippen MR) is 80.1 cm³/mol. The van der Waals surface area contributed by atoms with Gasteiger partial charge in [0.15, 0.2) is 0 Å². The highest BCUT2D eigenvalue weighted by molar-refractivity contribution is 9.09. The molecule has 18 heavy (non-hydrogen) atoms. The van der Waals surface area contributed by atoms with E-state index in [0.717, 1.165) is 6.42 Å². The van der Waals surface area contributed by atoms with Crippen LogP contribution < -0.4 is 0 Å². The Bertz CT molecular complexity index is 476. The van der Waals surface area contributed by atoms with Crippen LogP contribution in [0.25, 0.3) is 0 Å². The minimum absolute atomic E-state index is 0.362. The van der Waals surface area contributed by atoms with Gasteiger partial charge in [0.05, 0.1) is 0 Å². The smallest absolute Gasteiger partial charge is 0.0435 e. The fourth-order valence-electron chi connectivity index (χ4n) is 1.93. The Labute approximate surface area is 117 Å². The Balaban J connectivity index is 2.07. The number of halogens is 1. The zero-order valence-corrected chi connectivity index (χ0v) is 12.4. The number of nitrogens with zero attached hydrogens (tertiary/aromatic N) is 1. The van der Waals surface area contributed by atoms with Gasteiger partial charge in [-0.25, -0.2) is 0 Å². The van der Waals surface area contributed by atoms with Gasteiger partial charge >= 0.3 is 0 Å². The van der Waals surface area contributed by atoms with Crippen LogP contribution in [-0.2, 0) is 6.42 Å². The minimum atomic E-state index is 0.362. The van der Waals surface area contributed by atoms with E-state index >= 15 is 0 Å². The molecule has 2 aromatic rings. The van der Waals surface area contributed by atoms with E-state index in [4.69, 9.17) is 0 Å². The summed E-state index contributed by atoms with van der Waals surface area (Å²) in [6, 6.07) is 13.0. The quantitative estimate of drug-likeness (QED) is 0.733. The van der Waals surface area contributed by atoms with Gasteiger partial charge in [-0.15, -0.1) is 0 Å². The second-order valence-electron chi connectivity index (χ2n) is 4.85. The molecule has 2 heteroatoms. The highest BCUT2D eigenvalue weighted by Gasteiger charge is 2.09. The minimum Gasteiger partial charge on any atom is -0.265 e. The number of pyridine rings is 1. The van der Waals surface area contributed by atoms with Crippen molar-refractivity contribution in [3.05, 3.63) is 65.5 Å². The van der Waals surface area contributed by atoms with E-state index in [2.05, 4.69) is 71.2 Å². The van der Waals surface area contributed by atoms with E-state index in [-0.39, 0.29) is 0 Å². The van der Waals surface area contributed by atoms with Gasteiger partial charge in [-0.3, -0.25) is 4.98 Å². The molecule has 0 N–H and O–H groups in total. The van der Waals surface area contributed by atoms with Crippen molar-refractivity contribution in [1.29, 1.82) is 0 Å². The molecule has 0 bridgehead atoms. The normalized spacial score (nSPS) is 12.7. The second kappa shape index (κ2) is 6.14. The first kappa shape index (κ1) is 13.3. The van der Waals surface area contributed by atoms with Crippen LogP contribution in [-0.4, -0.2) is 4.98 Å². The van der Waals surface area contributed by atoms with Crippen molar-refractivity contribution in [2.45, 2.75) is 31.0 Å². The van der Waals surface area contributed by atoms with Gasteiger partial charge in [0, 0.05) is 17.2 Å². The van der Waals surface area contributed by atoms with Gasteiger partial charge in [-0.2, -0.15) is 0 Å². The largest absolute Gasteiger partial charge is 0.265 e. The first-order valence-corrected chi connectivity index (χ1v) is 7.21. The van der Waals surface area contributed by atoms with Crippen LogP contribution in [0.5, 0.6) is 0 Å². The lowest BCUT2D eigenvalue weighted by atomic mass is 9.99. The van der Waals surface area contributed by atoms with Gasteiger partial charge in [0.2, 0.25) is 0 Å². The van der Waals surface area contributed by atoms with E-state index in [0.29, 0.717) is 10.7 Å². The molecule has 0 saturated carbocycles. The Morgan fingerprint density at radius 3 is 2.06 bits per heavy atom. The van der Waals surface area contributed by atoms with Crippen molar-refractivity contribution < 1.29 is 0 Å². The number of hydrogen-bond donors (Lipinski definition) is 0. The zero-order valence-electron chi connectivity index (χ0n) is 10.8. The predicted octanol–water partition coefficient (Wildman–Crippen LogP) is 4.88. The summed E-state index contributed by atoms with van der Waals surface area (Å²) < 4.78 is 0. The van der Waals surface area contributed by atoms with Crippen molar-refractivity contribution in [2.75, 3.05) is 0 Å². The molecule has 0 amide bonds. The summed E-state index contributed by atoms with van der Waals surface area (Å²) in [5.74, 6) is 0.591. The molecule has 2 rings (SSSR count). The van der Waals surface area contributed by atoms with Crippen molar-refractivity contribution in [3.8, 4) is 0 Å². The van der Waals surface area contributed by atoms with E-state index in [1.165, 1.54) is 16.7 Å². The number of rotatable bonds is 4. The summed E-state index contributed by atoms with van der Waals surface area (Å²) in [4.78, 5) is 4.40. The fraction of sp³-hybridized carbons (Fsp3) is 0.312. The first-order valence-electron chi connectivity index (χ1n) is 6.29. The summed E-state index contributed by atoms with van der Waals surface area (Å²) in [6.07, 6.45) is 4.68. The van der Waals surface area contributed by atoms with E-state index in [1.54, 1.807) is 0 Å². The highest BCUT2D eigenvalue weighted by atomic mass is 79.9. The molecule has 1 heterocycles. The Morgan fingerprint density at radius 1 is 0.944 bits per heavy atom. The SMILES string of the molecule is CC(C)c1ccc(C(Br)Cc2ccncc2)cc1. The highest BCUT2D eigenvalue weighted by Crippen LogP contribution is 2.28. The molecule has 0 aliphatic rings. The molecule has 0 spiro atoms. The molecule has 94 valence electrons. The topological polar surface area (TPSA) is 12.9 Å². The lowest BCUT2D eigenvalue weighted by molar-refractivity contribution is 0.862. The Kier molecular flexibility index (Phi) is 4.54. The van der Waals surface area contributed by atoms with Crippen molar-refractivity contribution in [2.24, 2.45) is 0 Å². The third-order valence-electron chi connectivity index (χ3n) is 3.13. The van der Waals surface area contributed by atoms with Crippen LogP contribution >= 0.6 is 15.9 Å². The van der Waals surface area contributed by atoms with Gasteiger partial charge < -0.3 is 0 Å². The second-order valence-corrected chi connectivity index (χ2v) is 5.95. The molecule has 0 aliphatic carbocycles. The molecule has 0 saturated heterocycles. The first-order chi connectivity index (χ1) is 8.66. The van der Waals surface area contributed by atoms with Crippen LogP contribution in [0.4, 0.5) is 0 Å². The number of hydrogen-bond acceptors (Lipinski definition) is 1. The van der Waals surface area contributed by atoms with E-state index in [9.17, 15) is 0 Å². The van der Waals surface area contributed by atoms with Gasteiger partial charge in [0.1, 0.15) is 0 Å². The van der Waals surface area contributed by atoms with Crippen molar-refractivity contribution in [1.82, 2.24) is 4.98 Å². The summed E-state index contributed by atoms with van der Waals surface area (Å²) in [5, 5.41) is 0. The standard InChI is InChI=1S/C16H18BrN/c1-12(2)14-3-5-15(6-4-14)16(17)11-13-7-9-18-10-8-13/h3-10,12,16H,11H2,1-2H3. The van der Waals surface area contributed by atoms with E-state index in [1.807, 2.05) is 12.4 Å². The van der Waals surface area contributed by atoms with Gasteiger partial charge in [-0.1, -0.05) is 54.0 Å². The summed E-state index contributed by atoms with van der Waals surface area (Å²) in [5.41, 5.74) is 4.03. The molecular weight excluding hydrogens is 286 g/mol. The summed E-state index contributed by atoms with van der Waals surface area (Å²) in [6.45, 7) is 4.44. The lowest BCUT2D eigenvalue weighted by Gasteiger charge is -2.12. The van der Waals surface area contributed by atoms with Crippen LogP contribution in [0, 0.1) is 0 Å². The molecule has 0 aliphatic heterocycles. The van der Waals surface area contributed by atoms with Gasteiger partial charge in [0.25, 0.3) is 0 Å². The third-order valence-corrected chi connectivity index (χ3v) is 3.98. The molecule has 1 unspecified atom stereocenters. The lowest BCUT2D eigenvalue weighted by Crippen LogP contribution is -1.96. The maximum absolute atomic E-state index is 4.04. The van der Waals surface area contributed by atoms with Crippen molar-refractivity contribution >= 4 is 15.9 Å². The summed E-state index contributed by atoms with van der Waals surface area (Å²) in [7, 11) is 0. The van der Waals surface area contributed by atoms with Gasteiger partial charge in [-0.05, 0) is 41.2 Å². The van der Waals surface area contributed by atoms with E-state index < -0.39 is 0 Å². The van der Waals surface area contributed by atoms with Crippen LogP contribution in [0.15, 0.2) is 48.8 Å². The van der Waals surface area contributed by atoms with Crippen LogP contribution in [0.3, 0.4) is 0 Å². The molecule has 1 atom stereocenters. The number of benzene rings is 1. The van der Waals surface area contributed by atoms with Crippen LogP contribution in [0.2, 0.25) is 0 Å². The Hall–Kier alpha value is -1.15. The monoisotopic (exact) mass is 303 g/mol. The summed E-state index contributed by atoms with van der Waals surface area (Å²) >= 11 is 3.76. The number of aromatic nitrogens is 1. The average Bonchev–Trinajstić information content (AvgIpc) is 2.40. The fourth-order valence-corrected chi connectivity index (χ4v) is 2.61. The van der Waals surface area contributed by atoms with Crippen LogP contribution in [0.1, 0.15) is 41.3 Å². The molecular formula is C16H18BrN. The molecule has 0 fully saturated rings. The van der Waals surface area contributed by atoms with Crippen molar-refractivity contribution in [3.63, 3.8) is 0 Å². The maximum atomic E-state index is 4.04.